The van der Waals surface area contributed by atoms with Crippen molar-refractivity contribution in [2.45, 2.75) is 31.3 Å². The second kappa shape index (κ2) is 4.06. The minimum Gasteiger partial charge on any atom is -0.384 e. The SMILES string of the molecule is C=C(C)C(N)=NC1COC(O)(C(F)(F)F)C1. The van der Waals surface area contributed by atoms with Gasteiger partial charge in [0.1, 0.15) is 5.84 Å². The zero-order valence-corrected chi connectivity index (χ0v) is 8.71. The van der Waals surface area contributed by atoms with Gasteiger partial charge in [0, 0.05) is 6.42 Å². The summed E-state index contributed by atoms with van der Waals surface area (Å²) in [5.74, 6) is -3.05. The van der Waals surface area contributed by atoms with E-state index in [1.54, 1.807) is 6.92 Å². The maximum absolute atomic E-state index is 12.3. The Bertz CT molecular complexity index is 327. The molecule has 0 saturated carbocycles. The van der Waals surface area contributed by atoms with Crippen molar-refractivity contribution >= 4 is 5.84 Å². The number of nitrogens with two attached hydrogens (primary N) is 1. The number of aliphatic imine (C=N–C) groups is 1. The van der Waals surface area contributed by atoms with E-state index in [9.17, 15) is 13.2 Å². The van der Waals surface area contributed by atoms with Gasteiger partial charge in [-0.05, 0) is 12.5 Å². The molecule has 0 aliphatic carbocycles. The molecule has 2 unspecified atom stereocenters. The topological polar surface area (TPSA) is 67.8 Å². The Balaban J connectivity index is 2.74. The van der Waals surface area contributed by atoms with Crippen molar-refractivity contribution in [1.82, 2.24) is 0 Å². The zero-order chi connectivity index (χ0) is 12.6. The predicted molar refractivity (Wildman–Crippen MR) is 51.8 cm³/mol. The van der Waals surface area contributed by atoms with Gasteiger partial charge in [0.2, 0.25) is 0 Å². The van der Waals surface area contributed by atoms with Crippen molar-refractivity contribution in [3.05, 3.63) is 12.2 Å². The average Bonchev–Trinajstić information content (AvgIpc) is 2.47. The van der Waals surface area contributed by atoms with Gasteiger partial charge in [-0.3, -0.25) is 4.99 Å². The maximum Gasteiger partial charge on any atom is 0.443 e. The highest BCUT2D eigenvalue weighted by molar-refractivity contribution is 5.95. The molecular weight excluding hydrogens is 225 g/mol. The van der Waals surface area contributed by atoms with Gasteiger partial charge in [-0.2, -0.15) is 13.2 Å². The molecule has 1 rings (SSSR count). The van der Waals surface area contributed by atoms with Crippen molar-refractivity contribution in [3.8, 4) is 0 Å². The Labute approximate surface area is 90.6 Å². The first-order valence-corrected chi connectivity index (χ1v) is 4.58. The molecule has 0 spiro atoms. The summed E-state index contributed by atoms with van der Waals surface area (Å²) in [6.07, 6.45) is -5.47. The monoisotopic (exact) mass is 238 g/mol. The van der Waals surface area contributed by atoms with Crippen LogP contribution in [0, 0.1) is 0 Å². The second-order valence-electron chi connectivity index (χ2n) is 3.75. The summed E-state index contributed by atoms with van der Waals surface area (Å²) < 4.78 is 41.4. The van der Waals surface area contributed by atoms with Gasteiger partial charge in [0.25, 0.3) is 5.79 Å². The van der Waals surface area contributed by atoms with Crippen LogP contribution in [0.25, 0.3) is 0 Å². The molecular formula is C9H13F3N2O2. The Kier molecular flexibility index (Phi) is 3.30. The van der Waals surface area contributed by atoms with E-state index in [2.05, 4.69) is 16.3 Å². The Morgan fingerprint density at radius 2 is 2.19 bits per heavy atom. The molecule has 0 amide bonds. The van der Waals surface area contributed by atoms with Crippen LogP contribution in [0.5, 0.6) is 0 Å². The minimum atomic E-state index is -4.82. The predicted octanol–water partition coefficient (Wildman–Crippen LogP) is 0.959. The number of amidine groups is 1. The third-order valence-corrected chi connectivity index (χ3v) is 2.23. The fourth-order valence-corrected chi connectivity index (χ4v) is 1.26. The van der Waals surface area contributed by atoms with Crippen molar-refractivity contribution in [2.75, 3.05) is 6.61 Å². The Hall–Kier alpha value is -1.08. The number of nitrogens with zero attached hydrogens (tertiary/aromatic N) is 1. The van der Waals surface area contributed by atoms with E-state index in [1.165, 1.54) is 0 Å². The molecule has 1 saturated heterocycles. The molecule has 16 heavy (non-hydrogen) atoms. The molecule has 92 valence electrons. The van der Waals surface area contributed by atoms with Gasteiger partial charge in [0.05, 0.1) is 12.6 Å². The number of aliphatic hydroxyl groups is 1. The number of alkyl halides is 3. The lowest BCUT2D eigenvalue weighted by Crippen LogP contribution is -2.44. The van der Waals surface area contributed by atoms with Crippen molar-refractivity contribution < 1.29 is 23.0 Å². The lowest BCUT2D eigenvalue weighted by atomic mass is 10.1. The summed E-state index contributed by atoms with van der Waals surface area (Å²) in [5, 5.41) is 9.17. The van der Waals surface area contributed by atoms with E-state index >= 15 is 0 Å². The third-order valence-electron chi connectivity index (χ3n) is 2.23. The number of halogens is 3. The number of hydrogen-bond donors (Lipinski definition) is 2. The Morgan fingerprint density at radius 1 is 1.62 bits per heavy atom. The molecule has 1 fully saturated rings. The number of rotatable bonds is 2. The molecule has 0 bridgehead atoms. The van der Waals surface area contributed by atoms with Crippen LogP contribution >= 0.6 is 0 Å². The van der Waals surface area contributed by atoms with Gasteiger partial charge in [-0.25, -0.2) is 0 Å². The van der Waals surface area contributed by atoms with Crippen LogP contribution in [-0.4, -0.2) is 35.6 Å². The summed E-state index contributed by atoms with van der Waals surface area (Å²) in [6.45, 7) is 4.77. The van der Waals surface area contributed by atoms with Crippen LogP contribution in [0.4, 0.5) is 13.2 Å². The second-order valence-corrected chi connectivity index (χ2v) is 3.75. The number of ether oxygens (including phenoxy) is 1. The van der Waals surface area contributed by atoms with Crippen LogP contribution in [-0.2, 0) is 4.74 Å². The van der Waals surface area contributed by atoms with Crippen LogP contribution in [0.15, 0.2) is 17.1 Å². The first-order valence-electron chi connectivity index (χ1n) is 4.58. The molecule has 4 nitrogen and oxygen atoms in total. The van der Waals surface area contributed by atoms with E-state index in [0.29, 0.717) is 5.57 Å². The van der Waals surface area contributed by atoms with Crippen LogP contribution in [0.1, 0.15) is 13.3 Å². The van der Waals surface area contributed by atoms with E-state index < -0.39 is 24.4 Å². The lowest BCUT2D eigenvalue weighted by Gasteiger charge is -2.23. The third kappa shape index (κ3) is 2.53. The van der Waals surface area contributed by atoms with Crippen molar-refractivity contribution in [1.29, 1.82) is 0 Å². The summed E-state index contributed by atoms with van der Waals surface area (Å²) in [7, 11) is 0. The highest BCUT2D eigenvalue weighted by Crippen LogP contribution is 2.39. The average molecular weight is 238 g/mol. The van der Waals surface area contributed by atoms with Gasteiger partial charge in [-0.15, -0.1) is 0 Å². The summed E-state index contributed by atoms with van der Waals surface area (Å²) in [4.78, 5) is 3.79. The molecule has 1 aliphatic heterocycles. The van der Waals surface area contributed by atoms with E-state index in [0.717, 1.165) is 0 Å². The smallest absolute Gasteiger partial charge is 0.384 e. The molecule has 0 aromatic carbocycles. The van der Waals surface area contributed by atoms with Crippen LogP contribution in [0.3, 0.4) is 0 Å². The van der Waals surface area contributed by atoms with Gasteiger partial charge in [-0.1, -0.05) is 6.58 Å². The first-order chi connectivity index (χ1) is 7.16. The minimum absolute atomic E-state index is 0.0695. The number of hydrogen-bond acceptors (Lipinski definition) is 3. The lowest BCUT2D eigenvalue weighted by molar-refractivity contribution is -0.349. The van der Waals surface area contributed by atoms with Gasteiger partial charge >= 0.3 is 6.18 Å². The van der Waals surface area contributed by atoms with Crippen molar-refractivity contribution in [2.24, 2.45) is 10.7 Å². The highest BCUT2D eigenvalue weighted by Gasteiger charge is 2.59. The highest BCUT2D eigenvalue weighted by atomic mass is 19.4. The molecule has 1 heterocycles. The standard InChI is InChI=1S/C9H13F3N2O2/c1-5(2)7(13)14-6-3-8(15,16-4-6)9(10,11)12/h6,15H,1,3-4H2,2H3,(H2,13,14). The van der Waals surface area contributed by atoms with Crippen LogP contribution in [0.2, 0.25) is 0 Å². The summed E-state index contributed by atoms with van der Waals surface area (Å²) in [5.41, 5.74) is 5.89. The van der Waals surface area contributed by atoms with Gasteiger partial charge in [0.15, 0.2) is 0 Å². The molecule has 1 aliphatic rings. The van der Waals surface area contributed by atoms with Crippen LogP contribution < -0.4 is 5.73 Å². The normalized spacial score (nSPS) is 31.8. The van der Waals surface area contributed by atoms with E-state index in [1.807, 2.05) is 0 Å². The molecule has 3 N–H and O–H groups in total. The molecule has 0 aromatic heterocycles. The molecule has 0 aromatic rings. The first kappa shape index (κ1) is 13.0. The van der Waals surface area contributed by atoms with Gasteiger partial charge < -0.3 is 15.6 Å². The fourth-order valence-electron chi connectivity index (χ4n) is 1.26. The largest absolute Gasteiger partial charge is 0.443 e. The van der Waals surface area contributed by atoms with E-state index in [-0.39, 0.29) is 12.4 Å². The Morgan fingerprint density at radius 3 is 2.56 bits per heavy atom. The molecule has 7 heteroatoms. The van der Waals surface area contributed by atoms with Crippen molar-refractivity contribution in [3.63, 3.8) is 0 Å². The summed E-state index contributed by atoms with van der Waals surface area (Å²) >= 11 is 0. The molecule has 0 radical (unpaired) electrons. The molecule has 2 atom stereocenters. The quantitative estimate of drug-likeness (QED) is 0.556. The van der Waals surface area contributed by atoms with E-state index in [4.69, 9.17) is 10.8 Å². The summed E-state index contributed by atoms with van der Waals surface area (Å²) in [6, 6.07) is -0.802. The maximum atomic E-state index is 12.3. The zero-order valence-electron chi connectivity index (χ0n) is 8.71. The fraction of sp³-hybridized carbons (Fsp3) is 0.667.